The molecule has 2 aromatic carbocycles. The highest BCUT2D eigenvalue weighted by Gasteiger charge is 2.36. The largest absolute Gasteiger partial charge is 0.383 e. The number of nitrogen functional groups attached to an aromatic ring is 2. The second-order valence-electron chi connectivity index (χ2n) is 7.37. The molecule has 164 valence electrons. The third kappa shape index (κ3) is 3.22. The molecule has 1 aliphatic heterocycles. The van der Waals surface area contributed by atoms with Crippen LogP contribution in [0.5, 0.6) is 0 Å². The van der Waals surface area contributed by atoms with Gasteiger partial charge in [0.1, 0.15) is 10.7 Å². The lowest BCUT2D eigenvalue weighted by Gasteiger charge is -2.35. The van der Waals surface area contributed by atoms with E-state index in [2.05, 4.69) is 15.1 Å². The third-order valence-corrected chi connectivity index (χ3v) is 8.18. The Morgan fingerprint density at radius 3 is 2.62 bits per heavy atom. The van der Waals surface area contributed by atoms with Gasteiger partial charge in [0.05, 0.1) is 39.9 Å². The lowest BCUT2D eigenvalue weighted by molar-refractivity contribution is 0.456. The highest BCUT2D eigenvalue weighted by molar-refractivity contribution is 7.93. The summed E-state index contributed by atoms with van der Waals surface area (Å²) in [5.41, 5.74) is 13.6. The van der Waals surface area contributed by atoms with Crippen molar-refractivity contribution in [2.45, 2.75) is 17.4 Å². The van der Waals surface area contributed by atoms with Crippen molar-refractivity contribution in [1.29, 1.82) is 0 Å². The van der Waals surface area contributed by atoms with E-state index in [1.165, 1.54) is 10.4 Å². The first-order valence-electron chi connectivity index (χ1n) is 9.58. The zero-order valence-electron chi connectivity index (χ0n) is 16.5. The fraction of sp³-hybridized carbons (Fsp3) is 0.150. The lowest BCUT2D eigenvalue weighted by atomic mass is 10.00. The molecule has 4 aromatic rings. The van der Waals surface area contributed by atoms with E-state index in [0.29, 0.717) is 23.1 Å². The Labute approximate surface area is 193 Å². The van der Waals surface area contributed by atoms with Crippen LogP contribution in [0.1, 0.15) is 11.6 Å². The molecule has 2 aromatic heterocycles. The number of hydrogen-bond donors (Lipinski definition) is 2. The van der Waals surface area contributed by atoms with E-state index < -0.39 is 10.0 Å². The number of aromatic nitrogens is 4. The molecular weight excluding hydrogens is 473 g/mol. The molecule has 0 amide bonds. The quantitative estimate of drug-likeness (QED) is 0.450. The maximum absolute atomic E-state index is 13.7. The first kappa shape index (κ1) is 20.8. The summed E-state index contributed by atoms with van der Waals surface area (Å²) >= 11 is 12.4. The van der Waals surface area contributed by atoms with Crippen LogP contribution in [0.3, 0.4) is 0 Å². The number of rotatable bonds is 3. The molecule has 5 rings (SSSR count). The monoisotopic (exact) mass is 489 g/mol. The van der Waals surface area contributed by atoms with E-state index >= 15 is 0 Å². The van der Waals surface area contributed by atoms with Crippen LogP contribution in [-0.4, -0.2) is 34.7 Å². The van der Waals surface area contributed by atoms with Crippen LogP contribution in [-0.2, 0) is 16.4 Å². The average molecular weight is 490 g/mol. The van der Waals surface area contributed by atoms with E-state index in [0.717, 1.165) is 5.56 Å². The Morgan fingerprint density at radius 2 is 1.81 bits per heavy atom. The normalized spacial score (nSPS) is 16.3. The van der Waals surface area contributed by atoms with Crippen LogP contribution in [0.25, 0.3) is 11.0 Å². The van der Waals surface area contributed by atoms with Crippen molar-refractivity contribution in [1.82, 2.24) is 19.7 Å². The molecule has 0 aliphatic carbocycles. The number of fused-ring (bicyclic) bond motifs is 2. The van der Waals surface area contributed by atoms with Crippen LogP contribution in [0.2, 0.25) is 10.0 Å². The third-order valence-electron chi connectivity index (χ3n) is 5.42. The molecule has 4 N–H and O–H groups in total. The van der Waals surface area contributed by atoms with Gasteiger partial charge in [-0.15, -0.1) is 0 Å². The van der Waals surface area contributed by atoms with Gasteiger partial charge in [0.25, 0.3) is 10.0 Å². The van der Waals surface area contributed by atoms with Crippen molar-refractivity contribution in [2.24, 2.45) is 0 Å². The SMILES string of the molecule is Nc1nc(N)c2cnn(C3Cc4ccccc4N(S(=O)(=O)c4cccc(Cl)c4Cl)C3)c2n1. The number of nitrogens with zero attached hydrogens (tertiary/aromatic N) is 5. The van der Waals surface area contributed by atoms with Gasteiger partial charge in [0, 0.05) is 0 Å². The van der Waals surface area contributed by atoms with Crippen molar-refractivity contribution in [3.63, 3.8) is 0 Å². The number of halogens is 2. The lowest BCUT2D eigenvalue weighted by Crippen LogP contribution is -2.41. The van der Waals surface area contributed by atoms with Crippen LogP contribution in [0.15, 0.2) is 53.6 Å². The van der Waals surface area contributed by atoms with Gasteiger partial charge in [0.2, 0.25) is 5.95 Å². The van der Waals surface area contributed by atoms with Crippen molar-refractivity contribution in [3.8, 4) is 0 Å². The van der Waals surface area contributed by atoms with Crippen molar-refractivity contribution in [3.05, 3.63) is 64.3 Å². The summed E-state index contributed by atoms with van der Waals surface area (Å²) in [5.74, 6) is 0.230. The van der Waals surface area contributed by atoms with Crippen LogP contribution in [0.4, 0.5) is 17.5 Å². The molecule has 0 saturated heterocycles. The maximum atomic E-state index is 13.7. The smallest absolute Gasteiger partial charge is 0.265 e. The summed E-state index contributed by atoms with van der Waals surface area (Å²) in [4.78, 5) is 8.18. The molecule has 32 heavy (non-hydrogen) atoms. The van der Waals surface area contributed by atoms with Crippen molar-refractivity contribution < 1.29 is 8.42 Å². The summed E-state index contributed by atoms with van der Waals surface area (Å²) < 4.78 is 30.4. The zero-order valence-corrected chi connectivity index (χ0v) is 18.8. The van der Waals surface area contributed by atoms with Gasteiger partial charge in [-0.25, -0.2) is 13.1 Å². The molecule has 0 fully saturated rings. The molecule has 1 atom stereocenters. The average Bonchev–Trinajstić information content (AvgIpc) is 3.19. The van der Waals surface area contributed by atoms with Gasteiger partial charge >= 0.3 is 0 Å². The van der Waals surface area contributed by atoms with E-state index in [9.17, 15) is 8.42 Å². The second kappa shape index (κ2) is 7.51. The predicted molar refractivity (Wildman–Crippen MR) is 124 cm³/mol. The Balaban J connectivity index is 1.66. The molecule has 3 heterocycles. The molecular formula is C20H17Cl2N7O2S. The fourth-order valence-electron chi connectivity index (χ4n) is 3.96. The summed E-state index contributed by atoms with van der Waals surface area (Å²) in [7, 11) is -4.03. The Bertz CT molecular complexity index is 1470. The number of benzene rings is 2. The van der Waals surface area contributed by atoms with E-state index in [4.69, 9.17) is 34.7 Å². The topological polar surface area (TPSA) is 133 Å². The van der Waals surface area contributed by atoms with Gasteiger partial charge in [-0.1, -0.05) is 47.5 Å². The molecule has 0 spiro atoms. The summed E-state index contributed by atoms with van der Waals surface area (Å²) in [6, 6.07) is 11.5. The zero-order chi connectivity index (χ0) is 22.6. The van der Waals surface area contributed by atoms with Gasteiger partial charge < -0.3 is 11.5 Å². The second-order valence-corrected chi connectivity index (χ2v) is 9.98. The summed E-state index contributed by atoms with van der Waals surface area (Å²) in [6.45, 7) is 0.1000. The summed E-state index contributed by atoms with van der Waals surface area (Å²) in [6.07, 6.45) is 2.09. The number of para-hydroxylation sites is 1. The Hall–Kier alpha value is -3.08. The molecule has 1 unspecified atom stereocenters. The predicted octanol–water partition coefficient (Wildman–Crippen LogP) is 3.29. The minimum Gasteiger partial charge on any atom is -0.383 e. The van der Waals surface area contributed by atoms with Gasteiger partial charge in [-0.05, 0) is 30.2 Å². The van der Waals surface area contributed by atoms with Crippen molar-refractivity contribution >= 4 is 61.7 Å². The number of sulfonamides is 1. The van der Waals surface area contributed by atoms with Crippen LogP contribution in [0, 0.1) is 0 Å². The Morgan fingerprint density at radius 1 is 1.03 bits per heavy atom. The number of anilines is 3. The molecule has 0 bridgehead atoms. The summed E-state index contributed by atoms with van der Waals surface area (Å²) in [5, 5.41) is 5.11. The molecule has 12 heteroatoms. The van der Waals surface area contributed by atoms with Gasteiger partial charge in [-0.3, -0.25) is 4.31 Å². The molecule has 9 nitrogen and oxygen atoms in total. The van der Waals surface area contributed by atoms with Crippen LogP contribution < -0.4 is 15.8 Å². The van der Waals surface area contributed by atoms with Gasteiger partial charge in [-0.2, -0.15) is 15.1 Å². The highest BCUT2D eigenvalue weighted by Crippen LogP contribution is 2.39. The molecule has 0 radical (unpaired) electrons. The molecule has 0 saturated carbocycles. The standard InChI is InChI=1S/C20H17Cl2N7O2S/c21-14-5-3-7-16(17(14)22)32(30,31)28-10-12(8-11-4-1-2-6-15(11)28)29-19-13(9-25-29)18(23)26-20(24)27-19/h1-7,9,12H,8,10H2,(H4,23,24,26,27). The van der Waals surface area contributed by atoms with Crippen molar-refractivity contribution in [2.75, 3.05) is 22.3 Å². The minimum absolute atomic E-state index is 0.0168. The van der Waals surface area contributed by atoms with E-state index in [1.807, 2.05) is 12.1 Å². The highest BCUT2D eigenvalue weighted by atomic mass is 35.5. The van der Waals surface area contributed by atoms with Gasteiger partial charge in [0.15, 0.2) is 5.65 Å². The van der Waals surface area contributed by atoms with E-state index in [-0.39, 0.29) is 39.3 Å². The van der Waals surface area contributed by atoms with Crippen LogP contribution >= 0.6 is 23.2 Å². The Kier molecular flexibility index (Phi) is 4.88. The first-order chi connectivity index (χ1) is 15.3. The number of nitrogens with two attached hydrogens (primary N) is 2. The minimum atomic E-state index is -4.03. The number of hydrogen-bond acceptors (Lipinski definition) is 7. The molecule has 1 aliphatic rings. The maximum Gasteiger partial charge on any atom is 0.265 e. The van der Waals surface area contributed by atoms with E-state index in [1.54, 1.807) is 35.1 Å². The first-order valence-corrected chi connectivity index (χ1v) is 11.8. The fourth-order valence-corrected chi connectivity index (χ4v) is 6.24.